The lowest BCUT2D eigenvalue weighted by atomic mass is 9.97. The number of rotatable bonds is 10. The average Bonchev–Trinajstić information content (AvgIpc) is 3.75. The predicted octanol–water partition coefficient (Wildman–Crippen LogP) is 4.64. The molecule has 2 aromatic carbocycles. The van der Waals surface area contributed by atoms with Gasteiger partial charge in [0.15, 0.2) is 11.6 Å². The average molecular weight is 578 g/mol. The summed E-state index contributed by atoms with van der Waals surface area (Å²) in [5, 5.41) is 3.39. The minimum atomic E-state index is -1.15. The second-order valence-electron chi connectivity index (χ2n) is 9.43. The van der Waals surface area contributed by atoms with Crippen LogP contribution in [0.25, 0.3) is 0 Å². The molecule has 0 unspecified atom stereocenters. The molecule has 1 aliphatic carbocycles. The Hall–Kier alpha value is -4.77. The zero-order chi connectivity index (χ0) is 29.1. The van der Waals surface area contributed by atoms with E-state index < -0.39 is 34.6 Å². The summed E-state index contributed by atoms with van der Waals surface area (Å²) in [4.78, 5) is 48.0. The first-order valence-electron chi connectivity index (χ1n) is 12.6. The standard InChI is InChI=1S/C29H25ClFN5O5/c1-3-21(25(37)40-2)29(13-14-29)36-27(38)34-26(35(28(36)39)17-18-7-9-19(30)10-8-18)33-20-11-12-23(22(31)16-20)41-24-6-4-5-15-32-24/h3-12,15-16,21H,1,13-14,17H2,2H3,(H,33,34,38)/t21-/m0/s1. The van der Waals surface area contributed by atoms with Crippen molar-refractivity contribution in [1.29, 1.82) is 0 Å². The first kappa shape index (κ1) is 27.8. The molecule has 5 rings (SSSR count). The highest BCUT2D eigenvalue weighted by Crippen LogP contribution is 2.49. The van der Waals surface area contributed by atoms with Gasteiger partial charge in [-0.2, -0.15) is 4.98 Å². The zero-order valence-electron chi connectivity index (χ0n) is 21.9. The summed E-state index contributed by atoms with van der Waals surface area (Å²) in [5.41, 5.74) is -1.81. The lowest BCUT2D eigenvalue weighted by Crippen LogP contribution is -2.51. The number of nitrogens with one attached hydrogen (secondary N) is 1. The van der Waals surface area contributed by atoms with E-state index in [1.807, 2.05) is 0 Å². The number of esters is 1. The number of methoxy groups -OCH3 is 1. The number of benzene rings is 2. The second-order valence-corrected chi connectivity index (χ2v) is 9.87. The quantitative estimate of drug-likeness (QED) is 0.214. The van der Waals surface area contributed by atoms with Gasteiger partial charge in [-0.1, -0.05) is 35.9 Å². The Morgan fingerprint density at radius 3 is 2.56 bits per heavy atom. The van der Waals surface area contributed by atoms with Crippen LogP contribution in [0.4, 0.5) is 16.0 Å². The van der Waals surface area contributed by atoms with Gasteiger partial charge in [0, 0.05) is 29.0 Å². The van der Waals surface area contributed by atoms with Crippen molar-refractivity contribution in [3.63, 3.8) is 0 Å². The number of anilines is 2. The minimum absolute atomic E-state index is 0.00201. The van der Waals surface area contributed by atoms with E-state index in [0.717, 1.165) is 10.6 Å². The Labute approximate surface area is 238 Å². The molecule has 12 heteroatoms. The normalized spacial score (nSPS) is 14.1. The molecule has 1 fully saturated rings. The number of halogens is 2. The topological polar surface area (TPSA) is 117 Å². The van der Waals surface area contributed by atoms with E-state index in [0.29, 0.717) is 23.4 Å². The summed E-state index contributed by atoms with van der Waals surface area (Å²) in [6, 6.07) is 15.8. The smallest absolute Gasteiger partial charge is 0.355 e. The van der Waals surface area contributed by atoms with Gasteiger partial charge in [-0.05, 0) is 48.7 Å². The fourth-order valence-corrected chi connectivity index (χ4v) is 4.79. The van der Waals surface area contributed by atoms with Crippen molar-refractivity contribution < 1.29 is 18.7 Å². The van der Waals surface area contributed by atoms with Crippen molar-refractivity contribution in [3.05, 3.63) is 117 Å². The molecule has 0 spiro atoms. The molecule has 0 radical (unpaired) electrons. The molecule has 4 aromatic rings. The molecule has 2 aromatic heterocycles. The van der Waals surface area contributed by atoms with E-state index in [4.69, 9.17) is 21.1 Å². The Kier molecular flexibility index (Phi) is 7.71. The van der Waals surface area contributed by atoms with E-state index in [2.05, 4.69) is 21.9 Å². The van der Waals surface area contributed by atoms with Gasteiger partial charge < -0.3 is 14.8 Å². The molecule has 1 atom stereocenters. The third-order valence-corrected chi connectivity index (χ3v) is 7.09. The molecule has 1 saturated carbocycles. The third kappa shape index (κ3) is 5.62. The first-order chi connectivity index (χ1) is 19.8. The summed E-state index contributed by atoms with van der Waals surface area (Å²) < 4.78 is 27.6. The monoisotopic (exact) mass is 577 g/mol. The van der Waals surface area contributed by atoms with E-state index in [-0.39, 0.29) is 29.8 Å². The van der Waals surface area contributed by atoms with Gasteiger partial charge in [0.2, 0.25) is 11.8 Å². The molecular formula is C29H25ClFN5O5. The lowest BCUT2D eigenvalue weighted by molar-refractivity contribution is -0.145. The summed E-state index contributed by atoms with van der Waals surface area (Å²) in [6.07, 6.45) is 3.65. The number of carbonyl (C=O) groups is 1. The van der Waals surface area contributed by atoms with Crippen LogP contribution in [0, 0.1) is 11.7 Å². The Bertz CT molecular complexity index is 1720. The van der Waals surface area contributed by atoms with E-state index >= 15 is 0 Å². The van der Waals surface area contributed by atoms with Crippen LogP contribution in [-0.2, 0) is 21.6 Å². The summed E-state index contributed by atoms with van der Waals surface area (Å²) in [5.74, 6) is -2.21. The number of nitrogens with zero attached hydrogens (tertiary/aromatic N) is 4. The number of carbonyl (C=O) groups excluding carboxylic acids is 1. The van der Waals surface area contributed by atoms with Crippen LogP contribution < -0.4 is 21.4 Å². The Balaban J connectivity index is 1.56. The van der Waals surface area contributed by atoms with Crippen molar-refractivity contribution in [2.75, 3.05) is 12.4 Å². The van der Waals surface area contributed by atoms with Gasteiger partial charge in [-0.15, -0.1) is 6.58 Å². The molecule has 41 heavy (non-hydrogen) atoms. The van der Waals surface area contributed by atoms with E-state index in [1.54, 1.807) is 42.5 Å². The van der Waals surface area contributed by atoms with Crippen LogP contribution in [0.2, 0.25) is 5.02 Å². The highest BCUT2D eigenvalue weighted by molar-refractivity contribution is 6.30. The molecule has 210 valence electrons. The maximum Gasteiger partial charge on any atom is 0.355 e. The number of ether oxygens (including phenoxy) is 2. The van der Waals surface area contributed by atoms with Gasteiger partial charge in [-0.3, -0.25) is 9.36 Å². The van der Waals surface area contributed by atoms with Gasteiger partial charge in [-0.25, -0.2) is 23.5 Å². The molecule has 0 aliphatic heterocycles. The van der Waals surface area contributed by atoms with Crippen LogP contribution in [-0.4, -0.2) is 32.2 Å². The molecule has 2 heterocycles. The highest BCUT2D eigenvalue weighted by atomic mass is 35.5. The molecule has 0 amide bonds. The van der Waals surface area contributed by atoms with Crippen molar-refractivity contribution in [2.45, 2.75) is 24.9 Å². The minimum Gasteiger partial charge on any atom is -0.468 e. The van der Waals surface area contributed by atoms with Crippen LogP contribution in [0.3, 0.4) is 0 Å². The zero-order valence-corrected chi connectivity index (χ0v) is 22.7. The maximum atomic E-state index is 14.9. The lowest BCUT2D eigenvalue weighted by Gasteiger charge is -2.25. The largest absolute Gasteiger partial charge is 0.468 e. The summed E-state index contributed by atoms with van der Waals surface area (Å²) in [6.45, 7) is 3.72. The number of hydrogen-bond acceptors (Lipinski definition) is 8. The van der Waals surface area contributed by atoms with Gasteiger partial charge in [0.25, 0.3) is 0 Å². The molecule has 1 N–H and O–H groups in total. The van der Waals surface area contributed by atoms with Gasteiger partial charge in [0.05, 0.1) is 25.1 Å². The van der Waals surface area contributed by atoms with E-state index in [1.165, 1.54) is 36.1 Å². The van der Waals surface area contributed by atoms with Crippen LogP contribution in [0.1, 0.15) is 18.4 Å². The van der Waals surface area contributed by atoms with Crippen molar-refractivity contribution in [3.8, 4) is 11.6 Å². The van der Waals surface area contributed by atoms with Crippen LogP contribution >= 0.6 is 11.6 Å². The second kappa shape index (κ2) is 11.4. The van der Waals surface area contributed by atoms with Gasteiger partial charge in [0.1, 0.15) is 0 Å². The van der Waals surface area contributed by atoms with Crippen molar-refractivity contribution >= 4 is 29.2 Å². The fraction of sp³-hybridized carbons (Fsp3) is 0.207. The molecular weight excluding hydrogens is 553 g/mol. The van der Waals surface area contributed by atoms with Crippen LogP contribution in [0.15, 0.2) is 89.1 Å². The van der Waals surface area contributed by atoms with Crippen molar-refractivity contribution in [2.24, 2.45) is 5.92 Å². The maximum absolute atomic E-state index is 14.9. The highest BCUT2D eigenvalue weighted by Gasteiger charge is 2.55. The van der Waals surface area contributed by atoms with Crippen LogP contribution in [0.5, 0.6) is 11.6 Å². The SMILES string of the molecule is C=C[C@@H](C(=O)OC)C1(n2c(=O)nc(Nc3ccc(Oc4ccccn4)c(F)c3)n(Cc3ccc(Cl)cc3)c2=O)CC1. The Morgan fingerprint density at radius 1 is 1.20 bits per heavy atom. The fourth-order valence-electron chi connectivity index (χ4n) is 4.66. The number of aromatic nitrogens is 4. The number of hydrogen-bond donors (Lipinski definition) is 1. The molecule has 0 saturated heterocycles. The predicted molar refractivity (Wildman–Crippen MR) is 150 cm³/mol. The van der Waals surface area contributed by atoms with Crippen molar-refractivity contribution in [1.82, 2.24) is 19.1 Å². The number of pyridine rings is 1. The summed E-state index contributed by atoms with van der Waals surface area (Å²) in [7, 11) is 1.23. The summed E-state index contributed by atoms with van der Waals surface area (Å²) >= 11 is 6.03. The first-order valence-corrected chi connectivity index (χ1v) is 13.0. The molecule has 10 nitrogen and oxygen atoms in total. The molecule has 1 aliphatic rings. The van der Waals surface area contributed by atoms with Gasteiger partial charge >= 0.3 is 17.3 Å². The van der Waals surface area contributed by atoms with E-state index in [9.17, 15) is 18.8 Å². The Morgan fingerprint density at radius 2 is 1.95 bits per heavy atom. The third-order valence-electron chi connectivity index (χ3n) is 6.84. The molecule has 0 bridgehead atoms.